The molecule has 1 heterocycles. The number of benzene rings is 8. The summed E-state index contributed by atoms with van der Waals surface area (Å²) >= 11 is 0. The molecule has 1 aliphatic rings. The van der Waals surface area contributed by atoms with Crippen molar-refractivity contribution in [2.24, 2.45) is 0 Å². The van der Waals surface area contributed by atoms with E-state index in [0.717, 1.165) is 11.3 Å². The standard InChI is InChI=1S/C42H24O/c1-2-12-29(27-20-22-39-38(24-27)41-35-17-7-9-25-10-8-18-36(40(25)35)42(41)43-39)28(11-1)26-19-21-34-32-15-4-3-13-30(32)31-14-5-6-16-33(31)37(34)23-26/h1-24H. The maximum absolute atomic E-state index is 6.51. The van der Waals surface area contributed by atoms with Crippen LogP contribution in [0.5, 0.6) is 0 Å². The molecule has 0 radical (unpaired) electrons. The first kappa shape index (κ1) is 23.0. The zero-order valence-corrected chi connectivity index (χ0v) is 23.3. The number of hydrogen-bond acceptors (Lipinski definition) is 1. The average Bonchev–Trinajstić information content (AvgIpc) is 3.61. The van der Waals surface area contributed by atoms with E-state index in [-0.39, 0.29) is 0 Å². The Labute approximate surface area is 248 Å². The van der Waals surface area contributed by atoms with Crippen LogP contribution in [0.1, 0.15) is 0 Å². The van der Waals surface area contributed by atoms with Crippen LogP contribution >= 0.6 is 0 Å². The zero-order chi connectivity index (χ0) is 28.1. The van der Waals surface area contributed by atoms with Gasteiger partial charge in [0.1, 0.15) is 11.3 Å². The molecular weight excluding hydrogens is 520 g/mol. The fourth-order valence-corrected chi connectivity index (χ4v) is 7.52. The second-order valence-corrected chi connectivity index (χ2v) is 11.6. The third-order valence-corrected chi connectivity index (χ3v) is 9.40. The first-order chi connectivity index (χ1) is 21.3. The van der Waals surface area contributed by atoms with Gasteiger partial charge in [-0.05, 0) is 83.7 Å². The van der Waals surface area contributed by atoms with Crippen LogP contribution < -0.4 is 0 Å². The van der Waals surface area contributed by atoms with Gasteiger partial charge in [0.25, 0.3) is 0 Å². The maximum atomic E-state index is 6.51. The van der Waals surface area contributed by atoms with Crippen molar-refractivity contribution >= 4 is 54.1 Å². The summed E-state index contributed by atoms with van der Waals surface area (Å²) in [5.74, 6) is 0.987. The summed E-state index contributed by atoms with van der Waals surface area (Å²) in [6.07, 6.45) is 0. The molecule has 0 atom stereocenters. The van der Waals surface area contributed by atoms with Crippen LogP contribution in [-0.2, 0) is 0 Å². The Morgan fingerprint density at radius 1 is 0.349 bits per heavy atom. The highest BCUT2D eigenvalue weighted by molar-refractivity contribution is 6.26. The van der Waals surface area contributed by atoms with E-state index in [4.69, 9.17) is 4.42 Å². The first-order valence-electron chi connectivity index (χ1n) is 14.9. The van der Waals surface area contributed by atoms with Crippen molar-refractivity contribution in [1.29, 1.82) is 0 Å². The van der Waals surface area contributed by atoms with Gasteiger partial charge < -0.3 is 4.42 Å². The van der Waals surface area contributed by atoms with E-state index in [1.165, 1.54) is 87.4 Å². The summed E-state index contributed by atoms with van der Waals surface area (Å²) in [6, 6.07) is 53.0. The summed E-state index contributed by atoms with van der Waals surface area (Å²) in [7, 11) is 0. The lowest BCUT2D eigenvalue weighted by Crippen LogP contribution is -1.88. The minimum Gasteiger partial charge on any atom is -0.455 e. The van der Waals surface area contributed by atoms with Gasteiger partial charge in [-0.2, -0.15) is 0 Å². The Morgan fingerprint density at radius 2 is 0.860 bits per heavy atom. The van der Waals surface area contributed by atoms with Crippen molar-refractivity contribution in [2.75, 3.05) is 0 Å². The lowest BCUT2D eigenvalue weighted by atomic mass is 9.89. The Balaban J connectivity index is 1.19. The van der Waals surface area contributed by atoms with Crippen LogP contribution in [0.25, 0.3) is 98.8 Å². The van der Waals surface area contributed by atoms with E-state index in [2.05, 4.69) is 146 Å². The molecule has 0 saturated carbocycles. The number of fused-ring (bicyclic) bond motifs is 11. The molecule has 1 nitrogen and oxygen atoms in total. The molecule has 0 unspecified atom stereocenters. The predicted molar refractivity (Wildman–Crippen MR) is 182 cm³/mol. The molecule has 0 spiro atoms. The van der Waals surface area contributed by atoms with Crippen molar-refractivity contribution in [3.8, 4) is 44.7 Å². The molecule has 1 heteroatoms. The average molecular weight is 545 g/mol. The van der Waals surface area contributed by atoms with Gasteiger partial charge in [0.15, 0.2) is 0 Å². The van der Waals surface area contributed by atoms with Gasteiger partial charge in [-0.1, -0.05) is 127 Å². The van der Waals surface area contributed by atoms with Gasteiger partial charge in [0.05, 0.1) is 0 Å². The van der Waals surface area contributed by atoms with Gasteiger partial charge in [-0.3, -0.25) is 0 Å². The van der Waals surface area contributed by atoms with Crippen LogP contribution in [0.4, 0.5) is 0 Å². The largest absolute Gasteiger partial charge is 0.455 e. The van der Waals surface area contributed by atoms with Crippen molar-refractivity contribution in [2.45, 2.75) is 0 Å². The van der Waals surface area contributed by atoms with E-state index in [9.17, 15) is 0 Å². The van der Waals surface area contributed by atoms with Crippen molar-refractivity contribution < 1.29 is 4.42 Å². The van der Waals surface area contributed by atoms with E-state index in [1.807, 2.05) is 0 Å². The summed E-state index contributed by atoms with van der Waals surface area (Å²) < 4.78 is 6.51. The summed E-state index contributed by atoms with van der Waals surface area (Å²) in [4.78, 5) is 0. The lowest BCUT2D eigenvalue weighted by molar-refractivity contribution is 0.634. The highest BCUT2D eigenvalue weighted by Crippen LogP contribution is 2.52. The zero-order valence-electron chi connectivity index (χ0n) is 23.3. The Hall–Kier alpha value is -5.66. The molecule has 0 fully saturated rings. The molecule has 0 bridgehead atoms. The molecule has 43 heavy (non-hydrogen) atoms. The lowest BCUT2D eigenvalue weighted by Gasteiger charge is -2.14. The van der Waals surface area contributed by atoms with E-state index >= 15 is 0 Å². The minimum atomic E-state index is 0.932. The van der Waals surface area contributed by atoms with Crippen LogP contribution in [0.3, 0.4) is 0 Å². The predicted octanol–water partition coefficient (Wildman–Crippen LogP) is 12.0. The van der Waals surface area contributed by atoms with Crippen LogP contribution in [0, 0.1) is 0 Å². The number of furan rings is 1. The van der Waals surface area contributed by atoms with Gasteiger partial charge >= 0.3 is 0 Å². The molecule has 1 aliphatic carbocycles. The molecule has 1 aromatic heterocycles. The fourth-order valence-electron chi connectivity index (χ4n) is 7.52. The molecule has 198 valence electrons. The molecule has 10 rings (SSSR count). The molecule has 8 aromatic carbocycles. The first-order valence-corrected chi connectivity index (χ1v) is 14.9. The Kier molecular flexibility index (Phi) is 4.51. The number of rotatable bonds is 2. The van der Waals surface area contributed by atoms with Crippen LogP contribution in [0.2, 0.25) is 0 Å². The fraction of sp³-hybridized carbons (Fsp3) is 0. The molecular formula is C42H24O. The third-order valence-electron chi connectivity index (χ3n) is 9.40. The van der Waals surface area contributed by atoms with Gasteiger partial charge in [0.2, 0.25) is 0 Å². The molecule has 0 N–H and O–H groups in total. The number of hydrogen-bond donors (Lipinski definition) is 0. The smallest absolute Gasteiger partial charge is 0.143 e. The van der Waals surface area contributed by atoms with E-state index in [0.29, 0.717) is 0 Å². The molecule has 9 aromatic rings. The van der Waals surface area contributed by atoms with Gasteiger partial charge in [0, 0.05) is 21.9 Å². The van der Waals surface area contributed by atoms with Crippen LogP contribution in [0.15, 0.2) is 150 Å². The highest BCUT2D eigenvalue weighted by atomic mass is 16.3. The second-order valence-electron chi connectivity index (χ2n) is 11.6. The maximum Gasteiger partial charge on any atom is 0.143 e. The quantitative estimate of drug-likeness (QED) is 0.197. The van der Waals surface area contributed by atoms with E-state index < -0.39 is 0 Å². The Morgan fingerprint density at radius 3 is 1.53 bits per heavy atom. The Bertz CT molecular complexity index is 2580. The van der Waals surface area contributed by atoms with Crippen molar-refractivity contribution in [3.63, 3.8) is 0 Å². The van der Waals surface area contributed by atoms with Crippen LogP contribution in [-0.4, -0.2) is 0 Å². The monoisotopic (exact) mass is 544 g/mol. The van der Waals surface area contributed by atoms with Crippen molar-refractivity contribution in [1.82, 2.24) is 0 Å². The van der Waals surface area contributed by atoms with Gasteiger partial charge in [-0.25, -0.2) is 0 Å². The van der Waals surface area contributed by atoms with E-state index in [1.54, 1.807) is 0 Å². The summed E-state index contributed by atoms with van der Waals surface area (Å²) in [5, 5.41) is 11.5. The summed E-state index contributed by atoms with van der Waals surface area (Å²) in [6.45, 7) is 0. The molecule has 0 saturated heterocycles. The molecule has 0 amide bonds. The molecule has 0 aliphatic heterocycles. The topological polar surface area (TPSA) is 13.1 Å². The minimum absolute atomic E-state index is 0.932. The van der Waals surface area contributed by atoms with Crippen molar-refractivity contribution in [3.05, 3.63) is 146 Å². The third kappa shape index (κ3) is 3.11. The second kappa shape index (κ2) is 8.44. The van der Waals surface area contributed by atoms with Gasteiger partial charge in [-0.15, -0.1) is 0 Å². The summed E-state index contributed by atoms with van der Waals surface area (Å²) in [5.41, 5.74) is 9.46. The highest BCUT2D eigenvalue weighted by Gasteiger charge is 2.27. The SMILES string of the molecule is c1ccc(-c2ccc3c4ccccc4c4ccccc4c3c2)c(-c2ccc3oc4c(c3c2)-c2cccc3cccc-4c23)c1. The normalized spacial score (nSPS) is 12.2.